The predicted octanol–water partition coefficient (Wildman–Crippen LogP) is 1.32. The highest BCUT2D eigenvalue weighted by Crippen LogP contribution is 2.28. The summed E-state index contributed by atoms with van der Waals surface area (Å²) in [5.74, 6) is -0.605. The number of fused-ring (bicyclic) bond motifs is 1. The van der Waals surface area contributed by atoms with Crippen LogP contribution in [0.2, 0.25) is 5.02 Å². The highest BCUT2D eigenvalue weighted by atomic mass is 35.5. The van der Waals surface area contributed by atoms with Gasteiger partial charge in [0.1, 0.15) is 5.58 Å². The molecule has 6 heteroatoms. The van der Waals surface area contributed by atoms with Crippen molar-refractivity contribution in [2.45, 2.75) is 12.5 Å². The minimum absolute atomic E-state index is 0.0779. The van der Waals surface area contributed by atoms with Crippen molar-refractivity contribution in [1.82, 2.24) is 0 Å². The molecule has 0 saturated heterocycles. The molecule has 4 N–H and O–H groups in total. The number of para-hydroxylation sites is 1. The summed E-state index contributed by atoms with van der Waals surface area (Å²) < 4.78 is 5.10. The molecule has 1 aromatic heterocycles. The number of hydrogen-bond acceptors (Lipinski definition) is 4. The number of hydrogen-bond donors (Lipinski definition) is 2. The lowest BCUT2D eigenvalue weighted by Crippen LogP contribution is -2.25. The molecule has 0 bridgehead atoms. The Kier molecular flexibility index (Phi) is 3.36. The summed E-state index contributed by atoms with van der Waals surface area (Å²) in [7, 11) is 0. The van der Waals surface area contributed by atoms with Crippen LogP contribution in [0.1, 0.15) is 18.0 Å². The summed E-state index contributed by atoms with van der Waals surface area (Å²) in [6, 6.07) is 5.96. The molecular weight excluding hydrogens is 256 g/mol. The molecule has 18 heavy (non-hydrogen) atoms. The van der Waals surface area contributed by atoms with E-state index < -0.39 is 17.6 Å². The van der Waals surface area contributed by atoms with E-state index in [1.165, 1.54) is 0 Å². The van der Waals surface area contributed by atoms with Gasteiger partial charge in [-0.15, -0.1) is 0 Å². The van der Waals surface area contributed by atoms with Crippen molar-refractivity contribution in [3.05, 3.63) is 45.3 Å². The van der Waals surface area contributed by atoms with Crippen molar-refractivity contribution in [3.8, 4) is 0 Å². The van der Waals surface area contributed by atoms with Crippen molar-refractivity contribution in [2.24, 2.45) is 11.5 Å². The zero-order chi connectivity index (χ0) is 13.3. The van der Waals surface area contributed by atoms with Crippen LogP contribution < -0.4 is 17.1 Å². The minimum atomic E-state index is -0.865. The van der Waals surface area contributed by atoms with E-state index in [9.17, 15) is 9.59 Å². The summed E-state index contributed by atoms with van der Waals surface area (Å²) in [5, 5.41) is 0.782. The molecule has 1 atom stereocenters. The molecule has 0 fully saturated rings. The summed E-state index contributed by atoms with van der Waals surface area (Å²) >= 11 is 6.13. The summed E-state index contributed by atoms with van der Waals surface area (Å²) in [6.07, 6.45) is -0.164. The second-order valence-corrected chi connectivity index (χ2v) is 4.27. The molecule has 1 heterocycles. The number of carbonyl (C=O) groups is 1. The van der Waals surface area contributed by atoms with Gasteiger partial charge in [-0.2, -0.15) is 0 Å². The van der Waals surface area contributed by atoms with Crippen LogP contribution in [0.3, 0.4) is 0 Å². The maximum Gasteiger partial charge on any atom is 0.342 e. The fourth-order valence-corrected chi connectivity index (χ4v) is 2.13. The minimum Gasteiger partial charge on any atom is -0.422 e. The van der Waals surface area contributed by atoms with Crippen LogP contribution >= 0.6 is 11.6 Å². The smallest absolute Gasteiger partial charge is 0.342 e. The fourth-order valence-electron chi connectivity index (χ4n) is 1.76. The lowest BCUT2D eigenvalue weighted by atomic mass is 10.0. The molecule has 0 aliphatic heterocycles. The highest BCUT2D eigenvalue weighted by molar-refractivity contribution is 6.36. The standard InChI is InChI=1S/C12H11ClN2O3/c13-11-6-3-1-2-4-8(6)18-12(17)10(11)7(14)5-9(15)16/h1-4,7H,5,14H2,(H2,15,16). The fraction of sp³-hybridized carbons (Fsp3) is 0.167. The zero-order valence-electron chi connectivity index (χ0n) is 9.35. The number of carbonyl (C=O) groups excluding carboxylic acids is 1. The van der Waals surface area contributed by atoms with Crippen molar-refractivity contribution in [3.63, 3.8) is 0 Å². The van der Waals surface area contributed by atoms with Gasteiger partial charge in [0.25, 0.3) is 0 Å². The highest BCUT2D eigenvalue weighted by Gasteiger charge is 2.20. The predicted molar refractivity (Wildman–Crippen MR) is 68.2 cm³/mol. The lowest BCUT2D eigenvalue weighted by molar-refractivity contribution is -0.118. The first-order chi connectivity index (χ1) is 8.50. The van der Waals surface area contributed by atoms with Gasteiger partial charge in [0, 0.05) is 17.8 Å². The number of benzene rings is 1. The molecule has 1 aromatic carbocycles. The Balaban J connectivity index is 2.64. The Morgan fingerprint density at radius 3 is 2.72 bits per heavy atom. The number of amides is 1. The zero-order valence-corrected chi connectivity index (χ0v) is 10.1. The molecule has 0 spiro atoms. The third-order valence-electron chi connectivity index (χ3n) is 2.57. The average Bonchev–Trinajstić information content (AvgIpc) is 2.27. The first-order valence-corrected chi connectivity index (χ1v) is 5.63. The second-order valence-electron chi connectivity index (χ2n) is 3.89. The monoisotopic (exact) mass is 266 g/mol. The molecule has 0 aliphatic rings. The second kappa shape index (κ2) is 4.80. The molecule has 94 valence electrons. The van der Waals surface area contributed by atoms with Crippen molar-refractivity contribution < 1.29 is 9.21 Å². The maximum absolute atomic E-state index is 11.8. The summed E-state index contributed by atoms with van der Waals surface area (Å²) in [6.45, 7) is 0. The Morgan fingerprint density at radius 1 is 1.39 bits per heavy atom. The number of rotatable bonds is 3. The normalized spacial score (nSPS) is 12.6. The van der Waals surface area contributed by atoms with Gasteiger partial charge >= 0.3 is 5.63 Å². The maximum atomic E-state index is 11.8. The van der Waals surface area contributed by atoms with E-state index in [0.29, 0.717) is 11.0 Å². The molecule has 1 unspecified atom stereocenters. The molecule has 2 rings (SSSR count). The summed E-state index contributed by atoms with van der Waals surface area (Å²) in [5.41, 5.74) is 10.6. The number of primary amides is 1. The van der Waals surface area contributed by atoms with E-state index in [0.717, 1.165) is 0 Å². The van der Waals surface area contributed by atoms with Crippen LogP contribution in [0.4, 0.5) is 0 Å². The van der Waals surface area contributed by atoms with Gasteiger partial charge in [-0.1, -0.05) is 23.7 Å². The quantitative estimate of drug-likeness (QED) is 0.819. The largest absolute Gasteiger partial charge is 0.422 e. The van der Waals surface area contributed by atoms with Crippen LogP contribution in [0.25, 0.3) is 11.0 Å². The molecule has 5 nitrogen and oxygen atoms in total. The van der Waals surface area contributed by atoms with Crippen LogP contribution in [-0.4, -0.2) is 5.91 Å². The number of nitrogens with two attached hydrogens (primary N) is 2. The van der Waals surface area contributed by atoms with Crippen LogP contribution in [0.5, 0.6) is 0 Å². The Bertz CT molecular complexity index is 666. The molecular formula is C12H11ClN2O3. The van der Waals surface area contributed by atoms with Crippen molar-refractivity contribution >= 4 is 28.5 Å². The van der Waals surface area contributed by atoms with E-state index in [4.69, 9.17) is 27.5 Å². The lowest BCUT2D eigenvalue weighted by Gasteiger charge is -2.11. The van der Waals surface area contributed by atoms with E-state index in [1.54, 1.807) is 24.3 Å². The van der Waals surface area contributed by atoms with E-state index in [2.05, 4.69) is 0 Å². The van der Waals surface area contributed by atoms with Crippen molar-refractivity contribution in [2.75, 3.05) is 0 Å². The van der Waals surface area contributed by atoms with Crippen molar-refractivity contribution in [1.29, 1.82) is 0 Å². The van der Waals surface area contributed by atoms with Gasteiger partial charge in [0.15, 0.2) is 0 Å². The third-order valence-corrected chi connectivity index (χ3v) is 2.98. The van der Waals surface area contributed by atoms with Gasteiger partial charge in [0.05, 0.1) is 10.6 Å². The molecule has 1 amide bonds. The third kappa shape index (κ3) is 2.23. The van der Waals surface area contributed by atoms with Gasteiger partial charge in [-0.3, -0.25) is 4.79 Å². The van der Waals surface area contributed by atoms with Gasteiger partial charge in [0.2, 0.25) is 5.91 Å². The molecule has 0 saturated carbocycles. The van der Waals surface area contributed by atoms with Gasteiger partial charge < -0.3 is 15.9 Å². The van der Waals surface area contributed by atoms with Gasteiger partial charge in [-0.05, 0) is 12.1 Å². The van der Waals surface area contributed by atoms with E-state index >= 15 is 0 Å². The molecule has 0 radical (unpaired) electrons. The van der Waals surface area contributed by atoms with Crippen LogP contribution in [-0.2, 0) is 4.79 Å². The van der Waals surface area contributed by atoms with E-state index in [1.807, 2.05) is 0 Å². The van der Waals surface area contributed by atoms with Gasteiger partial charge in [-0.25, -0.2) is 4.79 Å². The Labute approximate surface area is 107 Å². The molecule has 2 aromatic rings. The molecule has 0 aliphatic carbocycles. The SMILES string of the molecule is NC(=O)CC(N)c1c(Cl)c2ccccc2oc1=O. The topological polar surface area (TPSA) is 99.3 Å². The Morgan fingerprint density at radius 2 is 2.06 bits per heavy atom. The van der Waals surface area contributed by atoms with E-state index in [-0.39, 0.29) is 17.0 Å². The average molecular weight is 267 g/mol. The van der Waals surface area contributed by atoms with Crippen LogP contribution in [0.15, 0.2) is 33.5 Å². The number of halogens is 1. The summed E-state index contributed by atoms with van der Waals surface area (Å²) in [4.78, 5) is 22.6. The Hall–Kier alpha value is -1.85. The first-order valence-electron chi connectivity index (χ1n) is 5.26. The first kappa shape index (κ1) is 12.6. The van der Waals surface area contributed by atoms with Crippen LogP contribution in [0, 0.1) is 0 Å².